The molecule has 0 aliphatic rings. The van der Waals surface area contributed by atoms with Gasteiger partial charge in [0, 0.05) is 18.3 Å². The number of hydrogen-bond acceptors (Lipinski definition) is 5. The molecule has 2 aromatic rings. The SMILES string of the molecule is CN(C)CC(NC(=O)c1csc(CCN)n1)c1ccccc1.Cl.Cl. The molecule has 5 nitrogen and oxygen atoms in total. The number of nitrogens with zero attached hydrogens (tertiary/aromatic N) is 2. The first kappa shape index (κ1) is 22.8. The smallest absolute Gasteiger partial charge is 0.271 e. The van der Waals surface area contributed by atoms with Crippen molar-refractivity contribution in [1.29, 1.82) is 0 Å². The van der Waals surface area contributed by atoms with Gasteiger partial charge < -0.3 is 16.0 Å². The Balaban J connectivity index is 0.00000264. The maximum atomic E-state index is 12.4. The van der Waals surface area contributed by atoms with Gasteiger partial charge in [0.05, 0.1) is 11.0 Å². The second-order valence-electron chi connectivity index (χ2n) is 5.36. The van der Waals surface area contributed by atoms with Gasteiger partial charge in [-0.1, -0.05) is 30.3 Å². The van der Waals surface area contributed by atoms with Gasteiger partial charge in [-0.15, -0.1) is 36.2 Å². The number of aromatic nitrogens is 1. The van der Waals surface area contributed by atoms with Crippen LogP contribution < -0.4 is 11.1 Å². The van der Waals surface area contributed by atoms with Crippen molar-refractivity contribution in [3.8, 4) is 0 Å². The van der Waals surface area contributed by atoms with Crippen LogP contribution >= 0.6 is 36.2 Å². The highest BCUT2D eigenvalue weighted by Gasteiger charge is 2.18. The summed E-state index contributed by atoms with van der Waals surface area (Å²) in [5.41, 5.74) is 7.07. The maximum Gasteiger partial charge on any atom is 0.271 e. The van der Waals surface area contributed by atoms with Crippen molar-refractivity contribution in [2.45, 2.75) is 12.5 Å². The van der Waals surface area contributed by atoms with E-state index in [2.05, 4.69) is 15.2 Å². The lowest BCUT2D eigenvalue weighted by Gasteiger charge is -2.22. The highest BCUT2D eigenvalue weighted by molar-refractivity contribution is 7.09. The number of rotatable bonds is 7. The quantitative estimate of drug-likeness (QED) is 0.761. The molecule has 24 heavy (non-hydrogen) atoms. The summed E-state index contributed by atoms with van der Waals surface area (Å²) in [6, 6.07) is 9.91. The Hall–Kier alpha value is -1.18. The van der Waals surface area contributed by atoms with Crippen LogP contribution in [-0.2, 0) is 6.42 Å². The van der Waals surface area contributed by atoms with Gasteiger partial charge >= 0.3 is 0 Å². The molecule has 0 saturated carbocycles. The van der Waals surface area contributed by atoms with Crippen molar-refractivity contribution in [2.75, 3.05) is 27.2 Å². The molecule has 0 bridgehead atoms. The molecule has 1 amide bonds. The molecule has 1 aromatic carbocycles. The van der Waals surface area contributed by atoms with Crippen LogP contribution in [0.2, 0.25) is 0 Å². The van der Waals surface area contributed by atoms with Crippen LogP contribution in [-0.4, -0.2) is 43.0 Å². The van der Waals surface area contributed by atoms with Crippen LogP contribution in [0.3, 0.4) is 0 Å². The molecule has 134 valence electrons. The molecule has 0 radical (unpaired) electrons. The van der Waals surface area contributed by atoms with E-state index in [9.17, 15) is 4.79 Å². The van der Waals surface area contributed by atoms with E-state index in [1.54, 1.807) is 5.38 Å². The summed E-state index contributed by atoms with van der Waals surface area (Å²) >= 11 is 1.48. The third-order valence-corrected chi connectivity index (χ3v) is 4.11. The van der Waals surface area contributed by atoms with Crippen LogP contribution in [0.25, 0.3) is 0 Å². The zero-order chi connectivity index (χ0) is 15.9. The van der Waals surface area contributed by atoms with Gasteiger partial charge in [0.25, 0.3) is 5.91 Å². The van der Waals surface area contributed by atoms with Gasteiger partial charge in [-0.3, -0.25) is 4.79 Å². The third kappa shape index (κ3) is 6.75. The topological polar surface area (TPSA) is 71.2 Å². The maximum absolute atomic E-state index is 12.4. The lowest BCUT2D eigenvalue weighted by Crippen LogP contribution is -2.35. The van der Waals surface area contributed by atoms with E-state index in [-0.39, 0.29) is 36.8 Å². The number of likely N-dealkylation sites (N-methyl/N-ethyl adjacent to an activating group) is 1. The second kappa shape index (κ2) is 11.4. The molecule has 1 aromatic heterocycles. The summed E-state index contributed by atoms with van der Waals surface area (Å²) < 4.78 is 0. The number of nitrogens with two attached hydrogens (primary N) is 1. The van der Waals surface area contributed by atoms with Crippen LogP contribution in [0.1, 0.15) is 27.1 Å². The molecule has 3 N–H and O–H groups in total. The van der Waals surface area contributed by atoms with Crippen molar-refractivity contribution >= 4 is 42.1 Å². The number of thiazole rings is 1. The lowest BCUT2D eigenvalue weighted by atomic mass is 10.1. The van der Waals surface area contributed by atoms with Crippen molar-refractivity contribution in [1.82, 2.24) is 15.2 Å². The summed E-state index contributed by atoms with van der Waals surface area (Å²) in [6.45, 7) is 1.28. The minimum absolute atomic E-state index is 0. The molecule has 0 aliphatic carbocycles. The summed E-state index contributed by atoms with van der Waals surface area (Å²) in [5, 5.41) is 5.76. The van der Waals surface area contributed by atoms with Gasteiger partial charge in [0.2, 0.25) is 0 Å². The average molecular weight is 391 g/mol. The minimum Gasteiger partial charge on any atom is -0.343 e. The monoisotopic (exact) mass is 390 g/mol. The number of carbonyl (C=O) groups excluding carboxylic acids is 1. The molecule has 1 heterocycles. The number of carbonyl (C=O) groups is 1. The van der Waals surface area contributed by atoms with Gasteiger partial charge in [-0.25, -0.2) is 4.98 Å². The van der Waals surface area contributed by atoms with Gasteiger partial charge in [-0.2, -0.15) is 0 Å². The number of nitrogens with one attached hydrogen (secondary N) is 1. The molecule has 1 atom stereocenters. The normalized spacial score (nSPS) is 11.3. The first-order chi connectivity index (χ1) is 10.6. The third-order valence-electron chi connectivity index (χ3n) is 3.20. The van der Waals surface area contributed by atoms with Crippen molar-refractivity contribution in [2.24, 2.45) is 5.73 Å². The van der Waals surface area contributed by atoms with Gasteiger partial charge in [0.1, 0.15) is 5.69 Å². The highest BCUT2D eigenvalue weighted by atomic mass is 35.5. The van der Waals surface area contributed by atoms with E-state index in [4.69, 9.17) is 5.73 Å². The highest BCUT2D eigenvalue weighted by Crippen LogP contribution is 2.16. The molecule has 0 fully saturated rings. The Bertz CT molecular complexity index is 607. The van der Waals surface area contributed by atoms with E-state index in [1.165, 1.54) is 11.3 Å². The van der Waals surface area contributed by atoms with Crippen LogP contribution in [0.5, 0.6) is 0 Å². The average Bonchev–Trinajstić information content (AvgIpc) is 2.96. The molecule has 0 saturated heterocycles. The predicted octanol–water partition coefficient (Wildman–Crippen LogP) is 2.52. The van der Waals surface area contributed by atoms with Crippen molar-refractivity contribution in [3.05, 3.63) is 52.0 Å². The summed E-state index contributed by atoms with van der Waals surface area (Å²) in [5.74, 6) is -0.143. The molecule has 1 unspecified atom stereocenters. The Morgan fingerprint density at radius 2 is 1.96 bits per heavy atom. The molecule has 8 heteroatoms. The zero-order valence-electron chi connectivity index (χ0n) is 13.8. The summed E-state index contributed by atoms with van der Waals surface area (Å²) in [7, 11) is 3.98. The van der Waals surface area contributed by atoms with Gasteiger partial charge in [-0.05, 0) is 26.2 Å². The molecule has 0 spiro atoms. The predicted molar refractivity (Wildman–Crippen MR) is 105 cm³/mol. The Kier molecular flexibility index (Phi) is 10.8. The Morgan fingerprint density at radius 3 is 2.54 bits per heavy atom. The first-order valence-electron chi connectivity index (χ1n) is 7.25. The van der Waals surface area contributed by atoms with Crippen LogP contribution in [0.4, 0.5) is 0 Å². The number of hydrogen-bond donors (Lipinski definition) is 2. The van der Waals surface area contributed by atoms with Crippen LogP contribution in [0, 0.1) is 0 Å². The van der Waals surface area contributed by atoms with Crippen molar-refractivity contribution in [3.63, 3.8) is 0 Å². The summed E-state index contributed by atoms with van der Waals surface area (Å²) in [4.78, 5) is 18.8. The standard InChI is InChI=1S/C16H22N4OS.2ClH/c1-20(2)10-13(12-6-4-3-5-7-12)19-16(21)14-11-22-15(18-14)8-9-17;;/h3-7,11,13H,8-10,17H2,1-2H3,(H,19,21);2*1H. The molecule has 0 aliphatic heterocycles. The fourth-order valence-corrected chi connectivity index (χ4v) is 2.96. The second-order valence-corrected chi connectivity index (χ2v) is 6.31. The Labute approximate surface area is 159 Å². The lowest BCUT2D eigenvalue weighted by molar-refractivity contribution is 0.0925. The largest absolute Gasteiger partial charge is 0.343 e. The Morgan fingerprint density at radius 1 is 1.29 bits per heavy atom. The summed E-state index contributed by atoms with van der Waals surface area (Å²) in [6.07, 6.45) is 0.706. The van der Waals surface area contributed by atoms with E-state index in [0.29, 0.717) is 18.7 Å². The molecular weight excluding hydrogens is 367 g/mol. The fourth-order valence-electron chi connectivity index (χ4n) is 2.17. The number of benzene rings is 1. The first-order valence-corrected chi connectivity index (χ1v) is 8.13. The van der Waals surface area contributed by atoms with Crippen LogP contribution in [0.15, 0.2) is 35.7 Å². The van der Waals surface area contributed by atoms with E-state index in [1.807, 2.05) is 44.4 Å². The fraction of sp³-hybridized carbons (Fsp3) is 0.375. The number of halogens is 2. The number of amides is 1. The zero-order valence-corrected chi connectivity index (χ0v) is 16.2. The molecule has 2 rings (SSSR count). The van der Waals surface area contributed by atoms with E-state index < -0.39 is 0 Å². The van der Waals surface area contributed by atoms with E-state index in [0.717, 1.165) is 17.1 Å². The van der Waals surface area contributed by atoms with Gasteiger partial charge in [0.15, 0.2) is 0 Å². The molecular formula is C16H24Cl2N4OS. The minimum atomic E-state index is -0.143. The van der Waals surface area contributed by atoms with Crippen molar-refractivity contribution < 1.29 is 4.79 Å². The van der Waals surface area contributed by atoms with E-state index >= 15 is 0 Å².